The first-order chi connectivity index (χ1) is 9.88. The molecule has 6 heteroatoms. The van der Waals surface area contributed by atoms with Gasteiger partial charge >= 0.3 is 5.69 Å². The minimum absolute atomic E-state index is 0. The van der Waals surface area contributed by atoms with Gasteiger partial charge in [-0.05, 0) is 43.5 Å². The molecule has 1 heterocycles. The minimum atomic E-state index is -0.403. The Hall–Kier alpha value is -1.70. The van der Waals surface area contributed by atoms with Gasteiger partial charge in [-0.3, -0.25) is 10.1 Å². The highest BCUT2D eigenvalue weighted by atomic mass is 127. The molecule has 0 saturated heterocycles. The molecule has 2 aromatic rings. The van der Waals surface area contributed by atoms with Gasteiger partial charge in [0.2, 0.25) is 0 Å². The summed E-state index contributed by atoms with van der Waals surface area (Å²) in [6, 6.07) is 7.28. The average Bonchev–Trinajstić information content (AvgIpc) is 2.40. The number of pyridine rings is 1. The molecule has 5 nitrogen and oxygen atoms in total. The van der Waals surface area contributed by atoms with Crippen LogP contribution in [0.4, 0.5) is 5.69 Å². The zero-order valence-electron chi connectivity index (χ0n) is 13.0. The van der Waals surface area contributed by atoms with Crippen molar-refractivity contribution in [1.29, 1.82) is 0 Å². The molecule has 1 aromatic carbocycles. The largest absolute Gasteiger partial charge is 1.00 e. The van der Waals surface area contributed by atoms with Gasteiger partial charge in [-0.15, -0.1) is 0 Å². The summed E-state index contributed by atoms with van der Waals surface area (Å²) in [7, 11) is 1.94. The van der Waals surface area contributed by atoms with Crippen LogP contribution in [0, 0.1) is 17.0 Å². The molecule has 0 aliphatic heterocycles. The van der Waals surface area contributed by atoms with Crippen molar-refractivity contribution in [1.82, 2.24) is 0 Å². The van der Waals surface area contributed by atoms with Gasteiger partial charge in [0.05, 0.1) is 11.0 Å². The number of nitro groups is 1. The molecule has 0 unspecified atom stereocenters. The van der Waals surface area contributed by atoms with Gasteiger partial charge in [0, 0.05) is 18.2 Å². The van der Waals surface area contributed by atoms with Crippen molar-refractivity contribution in [2.45, 2.75) is 26.9 Å². The average molecular weight is 414 g/mol. The Morgan fingerprint density at radius 2 is 1.82 bits per heavy atom. The molecule has 0 N–H and O–H groups in total. The Morgan fingerprint density at radius 1 is 1.23 bits per heavy atom. The molecule has 0 radical (unpaired) electrons. The Morgan fingerprint density at radius 3 is 2.32 bits per heavy atom. The lowest BCUT2D eigenvalue weighted by Crippen LogP contribution is -3.00. The summed E-state index contributed by atoms with van der Waals surface area (Å²) in [4.78, 5) is 10.8. The summed E-state index contributed by atoms with van der Waals surface area (Å²) < 4.78 is 7.54. The molecule has 0 amide bonds. The van der Waals surface area contributed by atoms with E-state index in [1.807, 2.05) is 56.9 Å². The minimum Gasteiger partial charge on any atom is -1.00 e. The maximum Gasteiger partial charge on any atom is 0.311 e. The first kappa shape index (κ1) is 18.3. The third kappa shape index (κ3) is 4.16. The lowest BCUT2D eigenvalue weighted by atomic mass is 10.0. The second kappa shape index (κ2) is 7.53. The molecule has 0 saturated carbocycles. The van der Waals surface area contributed by atoms with Crippen LogP contribution in [0.5, 0.6) is 5.75 Å². The summed E-state index contributed by atoms with van der Waals surface area (Å²) in [5.41, 5.74) is 2.81. The van der Waals surface area contributed by atoms with Crippen molar-refractivity contribution >= 4 is 5.69 Å². The van der Waals surface area contributed by atoms with E-state index in [1.165, 1.54) is 0 Å². The Balaban J connectivity index is 0.00000242. The summed E-state index contributed by atoms with van der Waals surface area (Å²) in [6.07, 6.45) is 3.77. The van der Waals surface area contributed by atoms with Gasteiger partial charge in [-0.1, -0.05) is 0 Å². The topological polar surface area (TPSA) is 56.3 Å². The number of aromatic nitrogens is 1. The smallest absolute Gasteiger partial charge is 0.311 e. The van der Waals surface area contributed by atoms with Crippen molar-refractivity contribution < 1.29 is 38.2 Å². The van der Waals surface area contributed by atoms with Crippen molar-refractivity contribution in [3.63, 3.8) is 0 Å². The third-order valence-corrected chi connectivity index (χ3v) is 3.15. The highest BCUT2D eigenvalue weighted by molar-refractivity contribution is 5.71. The Kier molecular flexibility index (Phi) is 6.28. The van der Waals surface area contributed by atoms with Crippen molar-refractivity contribution in [2.24, 2.45) is 7.05 Å². The van der Waals surface area contributed by atoms with Crippen molar-refractivity contribution in [3.05, 3.63) is 52.3 Å². The monoisotopic (exact) mass is 414 g/mol. The molecule has 0 atom stereocenters. The van der Waals surface area contributed by atoms with Crippen LogP contribution in [0.3, 0.4) is 0 Å². The van der Waals surface area contributed by atoms with E-state index in [0.717, 1.165) is 16.7 Å². The molecule has 0 spiro atoms. The van der Waals surface area contributed by atoms with E-state index in [2.05, 4.69) is 0 Å². The molecular weight excluding hydrogens is 395 g/mol. The van der Waals surface area contributed by atoms with Gasteiger partial charge < -0.3 is 28.7 Å². The SMILES string of the molecule is Cc1cc([N+](=O)[O-])c(OC(C)C)cc1-c1cc[n+](C)cc1.[I-]. The number of benzene rings is 1. The van der Waals surface area contributed by atoms with Crippen LogP contribution >= 0.6 is 0 Å². The predicted molar refractivity (Wildman–Crippen MR) is 80.2 cm³/mol. The lowest BCUT2D eigenvalue weighted by Gasteiger charge is -2.13. The van der Waals surface area contributed by atoms with Gasteiger partial charge in [0.25, 0.3) is 0 Å². The van der Waals surface area contributed by atoms with E-state index in [0.29, 0.717) is 5.75 Å². The number of aryl methyl sites for hydroxylation is 2. The molecule has 118 valence electrons. The normalized spacial score (nSPS) is 10.2. The molecule has 0 fully saturated rings. The third-order valence-electron chi connectivity index (χ3n) is 3.15. The van der Waals surface area contributed by atoms with Crippen molar-refractivity contribution in [3.8, 4) is 16.9 Å². The highest BCUT2D eigenvalue weighted by Gasteiger charge is 2.19. The van der Waals surface area contributed by atoms with E-state index >= 15 is 0 Å². The zero-order valence-corrected chi connectivity index (χ0v) is 15.2. The second-order valence-corrected chi connectivity index (χ2v) is 5.31. The summed E-state index contributed by atoms with van der Waals surface area (Å²) >= 11 is 0. The van der Waals surface area contributed by atoms with Gasteiger partial charge in [-0.25, -0.2) is 4.57 Å². The molecule has 0 aliphatic carbocycles. The molecular formula is C16H19IN2O3. The molecule has 0 bridgehead atoms. The van der Waals surface area contributed by atoms with Crippen LogP contribution in [0.1, 0.15) is 19.4 Å². The molecule has 0 aliphatic rings. The van der Waals surface area contributed by atoms with E-state index in [9.17, 15) is 10.1 Å². The van der Waals surface area contributed by atoms with Crippen LogP contribution in [-0.2, 0) is 7.05 Å². The fraction of sp³-hybridized carbons (Fsp3) is 0.312. The van der Waals surface area contributed by atoms with Crippen LogP contribution in [0.15, 0.2) is 36.7 Å². The van der Waals surface area contributed by atoms with E-state index in [4.69, 9.17) is 4.74 Å². The number of ether oxygens (including phenoxy) is 1. The fourth-order valence-corrected chi connectivity index (χ4v) is 2.16. The summed E-state index contributed by atoms with van der Waals surface area (Å²) in [5.74, 6) is 0.309. The fourth-order valence-electron chi connectivity index (χ4n) is 2.16. The van der Waals surface area contributed by atoms with E-state index in [1.54, 1.807) is 12.1 Å². The van der Waals surface area contributed by atoms with Crippen molar-refractivity contribution in [2.75, 3.05) is 0 Å². The summed E-state index contributed by atoms with van der Waals surface area (Å²) in [5, 5.41) is 11.2. The molecule has 1 aromatic heterocycles. The summed E-state index contributed by atoms with van der Waals surface area (Å²) in [6.45, 7) is 5.58. The second-order valence-electron chi connectivity index (χ2n) is 5.31. The Labute approximate surface area is 147 Å². The van der Waals surface area contributed by atoms with Crippen LogP contribution in [-0.4, -0.2) is 11.0 Å². The van der Waals surface area contributed by atoms with E-state index < -0.39 is 4.92 Å². The zero-order chi connectivity index (χ0) is 15.6. The van der Waals surface area contributed by atoms with Gasteiger partial charge in [0.15, 0.2) is 18.1 Å². The number of nitrogens with zero attached hydrogens (tertiary/aromatic N) is 2. The Bertz CT molecular complexity index is 670. The first-order valence-electron chi connectivity index (χ1n) is 6.80. The number of hydrogen-bond donors (Lipinski definition) is 0. The number of rotatable bonds is 4. The van der Waals surface area contributed by atoms with Gasteiger partial charge in [-0.2, -0.15) is 0 Å². The quantitative estimate of drug-likeness (QED) is 0.311. The predicted octanol–water partition coefficient (Wildman–Crippen LogP) is 0.186. The van der Waals surface area contributed by atoms with Crippen LogP contribution in [0.2, 0.25) is 0 Å². The van der Waals surface area contributed by atoms with Gasteiger partial charge in [0.1, 0.15) is 7.05 Å². The van der Waals surface area contributed by atoms with Crippen LogP contribution in [0.25, 0.3) is 11.1 Å². The first-order valence-corrected chi connectivity index (χ1v) is 6.80. The lowest BCUT2D eigenvalue weighted by molar-refractivity contribution is -0.671. The number of nitro benzene ring substituents is 1. The van der Waals surface area contributed by atoms with E-state index in [-0.39, 0.29) is 35.8 Å². The highest BCUT2D eigenvalue weighted by Crippen LogP contribution is 2.35. The standard InChI is InChI=1S/C16H19N2O3.HI/c1-11(2)21-16-10-14(12(3)9-15(16)18(19)20)13-5-7-17(4)8-6-13;/h5-11H,1-4H3;1H/q+1;/p-1. The van der Waals surface area contributed by atoms with Crippen LogP contribution < -0.4 is 33.3 Å². The maximum absolute atomic E-state index is 11.2. The molecule has 22 heavy (non-hydrogen) atoms. The number of halogens is 1. The maximum atomic E-state index is 11.2. The number of hydrogen-bond acceptors (Lipinski definition) is 3. The molecule has 2 rings (SSSR count).